The van der Waals surface area contributed by atoms with E-state index in [1.54, 1.807) is 18.5 Å². The number of nitrogens with zero attached hydrogens (tertiary/aromatic N) is 1. The molecule has 0 bridgehead atoms. The molecule has 0 saturated heterocycles. The van der Waals surface area contributed by atoms with Crippen LogP contribution in [0.4, 0.5) is 0 Å². The Labute approximate surface area is 160 Å². The molecule has 0 spiro atoms. The normalized spacial score (nSPS) is 10.8. The van der Waals surface area contributed by atoms with Crippen molar-refractivity contribution in [2.45, 2.75) is 6.92 Å². The first-order valence-electron chi connectivity index (χ1n) is 8.22. The number of rotatable bonds is 5. The predicted octanol–water partition coefficient (Wildman–Crippen LogP) is 3.48. The lowest BCUT2D eigenvalue weighted by Crippen LogP contribution is -1.95. The highest BCUT2D eigenvalue weighted by Gasteiger charge is 2.07. The summed E-state index contributed by atoms with van der Waals surface area (Å²) in [4.78, 5) is 38.6. The highest BCUT2D eigenvalue weighted by Crippen LogP contribution is 2.19. The maximum absolute atomic E-state index is 12.3. The summed E-state index contributed by atoms with van der Waals surface area (Å²) < 4.78 is 0. The van der Waals surface area contributed by atoms with Gasteiger partial charge in [-0.25, -0.2) is 14.6 Å². The molecule has 1 heterocycles. The van der Waals surface area contributed by atoms with Gasteiger partial charge in [0.25, 0.3) is 0 Å². The van der Waals surface area contributed by atoms with Crippen LogP contribution in [0.5, 0.6) is 0 Å². The minimum Gasteiger partial charge on any atom is -0.478 e. The van der Waals surface area contributed by atoms with Gasteiger partial charge in [0.2, 0.25) is 0 Å². The number of carboxylic acids is 2. The summed E-state index contributed by atoms with van der Waals surface area (Å²) in [5.41, 5.74) is 2.46. The number of nitrogens with one attached hydrogen (secondary N) is 1. The van der Waals surface area contributed by atoms with E-state index in [1.165, 1.54) is 0 Å². The molecule has 0 atom stereocenters. The number of imidazole rings is 1. The van der Waals surface area contributed by atoms with Gasteiger partial charge in [-0.15, -0.1) is 0 Å². The van der Waals surface area contributed by atoms with Gasteiger partial charge in [-0.3, -0.25) is 4.79 Å². The van der Waals surface area contributed by atoms with Crippen LogP contribution in [-0.4, -0.2) is 37.9 Å². The molecule has 1 aromatic heterocycles. The van der Waals surface area contributed by atoms with Crippen molar-refractivity contribution < 1.29 is 24.6 Å². The van der Waals surface area contributed by atoms with E-state index in [4.69, 9.17) is 10.2 Å². The van der Waals surface area contributed by atoms with E-state index in [0.717, 1.165) is 22.2 Å². The number of carbonyl (C=O) groups is 3. The van der Waals surface area contributed by atoms with Crippen molar-refractivity contribution in [2.75, 3.05) is 0 Å². The SMILES string of the molecule is Cc1[nH]cnc1C=CC(=O)c1cccc2ccccc12.O=C(O)C=CC(=O)O. The lowest BCUT2D eigenvalue weighted by atomic mass is 10.0. The van der Waals surface area contributed by atoms with E-state index in [0.29, 0.717) is 17.7 Å². The van der Waals surface area contributed by atoms with Crippen molar-refractivity contribution in [3.8, 4) is 0 Å². The van der Waals surface area contributed by atoms with Gasteiger partial charge in [0.1, 0.15) is 0 Å². The van der Waals surface area contributed by atoms with Gasteiger partial charge in [0.15, 0.2) is 5.78 Å². The van der Waals surface area contributed by atoms with Crippen LogP contribution in [0.15, 0.2) is 67.0 Å². The molecule has 142 valence electrons. The van der Waals surface area contributed by atoms with Crippen molar-refractivity contribution in [3.63, 3.8) is 0 Å². The molecule has 2 aromatic carbocycles. The minimum atomic E-state index is -1.26. The number of allylic oxidation sites excluding steroid dienone is 1. The third-order valence-electron chi connectivity index (χ3n) is 3.69. The van der Waals surface area contributed by atoms with Crippen LogP contribution in [0.1, 0.15) is 21.7 Å². The van der Waals surface area contributed by atoms with Gasteiger partial charge in [0.05, 0.1) is 12.0 Å². The van der Waals surface area contributed by atoms with Crippen LogP contribution in [0.3, 0.4) is 0 Å². The average molecular weight is 378 g/mol. The van der Waals surface area contributed by atoms with Gasteiger partial charge in [0, 0.05) is 23.4 Å². The summed E-state index contributed by atoms with van der Waals surface area (Å²) in [5.74, 6) is -2.52. The molecule has 3 rings (SSSR count). The summed E-state index contributed by atoms with van der Waals surface area (Å²) in [6, 6.07) is 13.7. The van der Waals surface area contributed by atoms with Crippen molar-refractivity contribution in [3.05, 3.63) is 84.0 Å². The summed E-state index contributed by atoms with van der Waals surface area (Å²) in [7, 11) is 0. The third kappa shape index (κ3) is 5.77. The van der Waals surface area contributed by atoms with E-state index in [1.807, 2.05) is 49.4 Å². The predicted molar refractivity (Wildman–Crippen MR) is 105 cm³/mol. The number of carbonyl (C=O) groups excluding carboxylic acids is 1. The quantitative estimate of drug-likeness (QED) is 0.462. The second kappa shape index (κ2) is 9.63. The molecule has 0 saturated carbocycles. The standard InChI is InChI=1S/C17H14N2O.C4H4O4/c1-12-16(19-11-18-12)9-10-17(20)15-8-4-6-13-5-2-3-7-14(13)15;5-3(6)1-2-4(7)8/h2-11H,1H3,(H,18,19);1-2H,(H,5,6)(H,7,8). The number of hydrogen-bond donors (Lipinski definition) is 3. The molecule has 0 aliphatic heterocycles. The van der Waals surface area contributed by atoms with E-state index in [2.05, 4.69) is 9.97 Å². The molecule has 7 heteroatoms. The maximum atomic E-state index is 12.3. The fourth-order valence-corrected chi connectivity index (χ4v) is 2.36. The number of aliphatic carboxylic acids is 2. The van der Waals surface area contributed by atoms with Gasteiger partial charge in [-0.2, -0.15) is 0 Å². The number of aromatic amines is 1. The number of aryl methyl sites for hydroxylation is 1. The Bertz CT molecular complexity index is 1040. The Morgan fingerprint density at radius 3 is 2.18 bits per heavy atom. The van der Waals surface area contributed by atoms with E-state index >= 15 is 0 Å². The molecule has 0 aliphatic carbocycles. The van der Waals surface area contributed by atoms with Crippen molar-refractivity contribution in [1.82, 2.24) is 9.97 Å². The van der Waals surface area contributed by atoms with Crippen LogP contribution < -0.4 is 0 Å². The second-order valence-corrected chi connectivity index (χ2v) is 5.65. The number of hydrogen-bond acceptors (Lipinski definition) is 4. The Morgan fingerprint density at radius 2 is 1.57 bits per heavy atom. The summed E-state index contributed by atoms with van der Waals surface area (Å²) in [6.45, 7) is 1.93. The van der Waals surface area contributed by atoms with Gasteiger partial charge in [-0.05, 0) is 29.8 Å². The number of benzene rings is 2. The van der Waals surface area contributed by atoms with Crippen LogP contribution in [0.25, 0.3) is 16.8 Å². The smallest absolute Gasteiger partial charge is 0.328 e. The van der Waals surface area contributed by atoms with Crippen LogP contribution in [0.2, 0.25) is 0 Å². The highest BCUT2D eigenvalue weighted by molar-refractivity contribution is 6.14. The molecule has 0 unspecified atom stereocenters. The van der Waals surface area contributed by atoms with Crippen LogP contribution >= 0.6 is 0 Å². The number of carboxylic acid groups (broad SMARTS) is 2. The molecule has 7 nitrogen and oxygen atoms in total. The first kappa shape index (κ1) is 20.3. The molecule has 3 aromatic rings. The first-order chi connectivity index (χ1) is 13.4. The zero-order valence-corrected chi connectivity index (χ0v) is 15.0. The van der Waals surface area contributed by atoms with Crippen molar-refractivity contribution in [2.24, 2.45) is 0 Å². The van der Waals surface area contributed by atoms with E-state index in [9.17, 15) is 14.4 Å². The van der Waals surface area contributed by atoms with Crippen LogP contribution in [-0.2, 0) is 9.59 Å². The highest BCUT2D eigenvalue weighted by atomic mass is 16.4. The number of ketones is 1. The largest absolute Gasteiger partial charge is 0.478 e. The van der Waals surface area contributed by atoms with Gasteiger partial charge >= 0.3 is 11.9 Å². The van der Waals surface area contributed by atoms with Crippen molar-refractivity contribution in [1.29, 1.82) is 0 Å². The van der Waals surface area contributed by atoms with Crippen LogP contribution in [0, 0.1) is 6.92 Å². The Balaban J connectivity index is 0.000000300. The molecule has 0 radical (unpaired) electrons. The number of aromatic nitrogens is 2. The number of fused-ring (bicyclic) bond motifs is 1. The monoisotopic (exact) mass is 378 g/mol. The molecular weight excluding hydrogens is 360 g/mol. The summed E-state index contributed by atoms with van der Waals surface area (Å²) >= 11 is 0. The number of H-pyrrole nitrogens is 1. The average Bonchev–Trinajstić information content (AvgIpc) is 3.09. The first-order valence-corrected chi connectivity index (χ1v) is 8.22. The molecule has 0 fully saturated rings. The maximum Gasteiger partial charge on any atom is 0.328 e. The van der Waals surface area contributed by atoms with Crippen molar-refractivity contribution >= 4 is 34.6 Å². The minimum absolute atomic E-state index is 0.0100. The lowest BCUT2D eigenvalue weighted by Gasteiger charge is -2.02. The zero-order chi connectivity index (χ0) is 20.5. The molecular formula is C21H18N2O5. The molecule has 0 amide bonds. The van der Waals surface area contributed by atoms with E-state index < -0.39 is 11.9 Å². The van der Waals surface area contributed by atoms with Gasteiger partial charge < -0.3 is 15.2 Å². The Morgan fingerprint density at radius 1 is 0.929 bits per heavy atom. The fourth-order valence-electron chi connectivity index (χ4n) is 2.36. The molecule has 0 aliphatic rings. The van der Waals surface area contributed by atoms with E-state index in [-0.39, 0.29) is 5.78 Å². The van der Waals surface area contributed by atoms with Gasteiger partial charge in [-0.1, -0.05) is 42.5 Å². The third-order valence-corrected chi connectivity index (χ3v) is 3.69. The Hall–Kier alpha value is -4.00. The zero-order valence-electron chi connectivity index (χ0n) is 15.0. The summed E-state index contributed by atoms with van der Waals surface area (Å²) in [5, 5.41) is 17.7. The lowest BCUT2D eigenvalue weighted by molar-refractivity contribution is -0.134. The Kier molecular flexibility index (Phi) is 6.99. The molecule has 3 N–H and O–H groups in total. The fraction of sp³-hybridized carbons (Fsp3) is 0.0476. The second-order valence-electron chi connectivity index (χ2n) is 5.65. The summed E-state index contributed by atoms with van der Waals surface area (Å²) in [6.07, 6.45) is 6.06. The molecule has 28 heavy (non-hydrogen) atoms. The topological polar surface area (TPSA) is 120 Å².